The van der Waals surface area contributed by atoms with Gasteiger partial charge in [-0.25, -0.2) is 4.98 Å². The van der Waals surface area contributed by atoms with Crippen LogP contribution in [0.1, 0.15) is 46.1 Å². The topological polar surface area (TPSA) is 46.3 Å². The number of carbonyl (C=O) groups is 1. The minimum absolute atomic E-state index is 0.153. The van der Waals surface area contributed by atoms with Crippen molar-refractivity contribution >= 4 is 5.91 Å². The first-order chi connectivity index (χ1) is 10.4. The number of benzene rings is 1. The molecule has 1 heterocycles. The molecule has 0 saturated heterocycles. The highest BCUT2D eigenvalue weighted by molar-refractivity contribution is 5.84. The van der Waals surface area contributed by atoms with E-state index in [-0.39, 0.29) is 23.9 Å². The van der Waals surface area contributed by atoms with Crippen LogP contribution < -0.4 is 0 Å². The van der Waals surface area contributed by atoms with Gasteiger partial charge in [-0.15, -0.1) is 0 Å². The van der Waals surface area contributed by atoms with E-state index < -0.39 is 0 Å². The molecule has 4 heteroatoms. The third-order valence-corrected chi connectivity index (χ3v) is 3.84. The van der Waals surface area contributed by atoms with E-state index in [4.69, 9.17) is 4.42 Å². The Hall–Kier alpha value is -2.10. The van der Waals surface area contributed by atoms with Crippen molar-refractivity contribution in [3.63, 3.8) is 0 Å². The van der Waals surface area contributed by atoms with Gasteiger partial charge in [0.15, 0.2) is 12.2 Å². The highest BCUT2D eigenvalue weighted by atomic mass is 16.3. The van der Waals surface area contributed by atoms with Gasteiger partial charge < -0.3 is 9.32 Å². The van der Waals surface area contributed by atoms with Gasteiger partial charge in [-0.3, -0.25) is 4.79 Å². The van der Waals surface area contributed by atoms with E-state index in [2.05, 4.69) is 32.7 Å². The number of carbonyl (C=O) groups excluding carboxylic acids is 1. The Morgan fingerprint density at radius 2 is 1.82 bits per heavy atom. The smallest absolute Gasteiger partial charge is 0.230 e. The first-order valence-electron chi connectivity index (χ1n) is 7.72. The van der Waals surface area contributed by atoms with E-state index in [0.717, 1.165) is 11.1 Å². The maximum Gasteiger partial charge on any atom is 0.230 e. The molecule has 118 valence electrons. The van der Waals surface area contributed by atoms with Crippen molar-refractivity contribution in [2.45, 2.75) is 52.6 Å². The summed E-state index contributed by atoms with van der Waals surface area (Å²) in [6, 6.07) is 8.28. The second kappa shape index (κ2) is 6.77. The Bertz CT molecular complexity index is 610. The Labute approximate surface area is 132 Å². The molecule has 4 nitrogen and oxygen atoms in total. The molecule has 1 aromatic heterocycles. The summed E-state index contributed by atoms with van der Waals surface area (Å²) in [6.07, 6.45) is 3.09. The van der Waals surface area contributed by atoms with Gasteiger partial charge >= 0.3 is 0 Å². The molecule has 1 amide bonds. The van der Waals surface area contributed by atoms with Crippen LogP contribution in [0.3, 0.4) is 0 Å². The minimum Gasteiger partial charge on any atom is -0.444 e. The second-order valence-corrected chi connectivity index (χ2v) is 6.15. The van der Waals surface area contributed by atoms with Crippen LogP contribution in [0.4, 0.5) is 0 Å². The van der Waals surface area contributed by atoms with Crippen molar-refractivity contribution in [3.05, 3.63) is 42.4 Å². The zero-order valence-corrected chi connectivity index (χ0v) is 13.9. The highest BCUT2D eigenvalue weighted by Gasteiger charge is 2.26. The fourth-order valence-corrected chi connectivity index (χ4v) is 2.79. The fourth-order valence-electron chi connectivity index (χ4n) is 2.79. The van der Waals surface area contributed by atoms with Gasteiger partial charge in [-0.2, -0.15) is 0 Å². The average molecular weight is 300 g/mol. The molecular formula is C18H24N2O2. The largest absolute Gasteiger partial charge is 0.444 e. The number of rotatable bonds is 5. The Kier molecular flexibility index (Phi) is 5.01. The first-order valence-corrected chi connectivity index (χ1v) is 7.72. The zero-order chi connectivity index (χ0) is 16.3. The van der Waals surface area contributed by atoms with Crippen LogP contribution in [-0.2, 0) is 4.79 Å². The summed E-state index contributed by atoms with van der Waals surface area (Å²) in [6.45, 7) is 10.2. The molecule has 1 aromatic carbocycles. The molecule has 22 heavy (non-hydrogen) atoms. The van der Waals surface area contributed by atoms with Crippen molar-refractivity contribution in [1.82, 2.24) is 9.88 Å². The number of hydrogen-bond donors (Lipinski definition) is 0. The van der Waals surface area contributed by atoms with Gasteiger partial charge in [0.1, 0.15) is 0 Å². The normalized spacial score (nSPS) is 12.7. The third kappa shape index (κ3) is 3.38. The molecule has 2 aromatic rings. The van der Waals surface area contributed by atoms with Crippen LogP contribution in [0.2, 0.25) is 0 Å². The molecule has 0 saturated carbocycles. The number of oxazole rings is 1. The van der Waals surface area contributed by atoms with Crippen molar-refractivity contribution in [2.24, 2.45) is 0 Å². The van der Waals surface area contributed by atoms with Crippen LogP contribution in [0.5, 0.6) is 0 Å². The maximum absolute atomic E-state index is 12.8. The summed E-state index contributed by atoms with van der Waals surface area (Å²) < 4.78 is 5.33. The predicted octanol–water partition coefficient (Wildman–Crippen LogP) is 4.09. The average Bonchev–Trinajstić information content (AvgIpc) is 3.00. The van der Waals surface area contributed by atoms with E-state index in [0.29, 0.717) is 5.76 Å². The molecule has 0 N–H and O–H groups in total. The van der Waals surface area contributed by atoms with E-state index in [1.54, 1.807) is 6.20 Å². The van der Waals surface area contributed by atoms with Crippen molar-refractivity contribution in [1.29, 1.82) is 0 Å². The fraction of sp³-hybridized carbons (Fsp3) is 0.444. The Morgan fingerprint density at radius 3 is 2.36 bits per heavy atom. The van der Waals surface area contributed by atoms with E-state index in [9.17, 15) is 4.79 Å². The van der Waals surface area contributed by atoms with Crippen LogP contribution in [0.15, 0.2) is 41.3 Å². The quantitative estimate of drug-likeness (QED) is 0.835. The molecule has 0 aliphatic rings. The molecule has 0 aliphatic carbocycles. The summed E-state index contributed by atoms with van der Waals surface area (Å²) >= 11 is 0. The number of aromatic nitrogens is 1. The monoisotopic (exact) mass is 300 g/mol. The van der Waals surface area contributed by atoms with Crippen LogP contribution in [0.25, 0.3) is 11.3 Å². The van der Waals surface area contributed by atoms with E-state index in [1.807, 2.05) is 36.1 Å². The van der Waals surface area contributed by atoms with Crippen molar-refractivity contribution < 1.29 is 9.21 Å². The standard InChI is InChI=1S/C18H24N2O2/c1-12(2)20(13(3)4)18(21)14(5)15-7-6-8-16(9-15)17-10-19-11-22-17/h6-14H,1-5H3. The molecule has 0 spiro atoms. The van der Waals surface area contributed by atoms with Crippen LogP contribution in [-0.4, -0.2) is 27.9 Å². The molecule has 2 rings (SSSR count). The van der Waals surface area contributed by atoms with Crippen molar-refractivity contribution in [3.8, 4) is 11.3 Å². The lowest BCUT2D eigenvalue weighted by Gasteiger charge is -2.33. The summed E-state index contributed by atoms with van der Waals surface area (Å²) in [5, 5.41) is 0. The van der Waals surface area contributed by atoms with Crippen LogP contribution in [0, 0.1) is 0 Å². The summed E-state index contributed by atoms with van der Waals surface area (Å²) in [4.78, 5) is 18.7. The molecule has 0 fully saturated rings. The third-order valence-electron chi connectivity index (χ3n) is 3.84. The van der Waals surface area contributed by atoms with E-state index in [1.165, 1.54) is 6.39 Å². The summed E-state index contributed by atoms with van der Waals surface area (Å²) in [5.74, 6) is 0.679. The molecular weight excluding hydrogens is 276 g/mol. The maximum atomic E-state index is 12.8. The van der Waals surface area contributed by atoms with Gasteiger partial charge in [-0.1, -0.05) is 18.2 Å². The SMILES string of the molecule is CC(C(=O)N(C(C)C)C(C)C)c1cccc(-c2cnco2)c1. The predicted molar refractivity (Wildman–Crippen MR) is 87.5 cm³/mol. The number of hydrogen-bond acceptors (Lipinski definition) is 3. The number of nitrogens with zero attached hydrogens (tertiary/aromatic N) is 2. The van der Waals surface area contributed by atoms with Crippen molar-refractivity contribution in [2.75, 3.05) is 0 Å². The highest BCUT2D eigenvalue weighted by Crippen LogP contribution is 2.26. The second-order valence-electron chi connectivity index (χ2n) is 6.15. The number of amides is 1. The molecule has 0 aliphatic heterocycles. The van der Waals surface area contributed by atoms with Gasteiger partial charge in [0.2, 0.25) is 5.91 Å². The molecule has 0 radical (unpaired) electrons. The van der Waals surface area contributed by atoms with Gasteiger partial charge in [0.25, 0.3) is 0 Å². The first kappa shape index (κ1) is 16.3. The lowest BCUT2D eigenvalue weighted by atomic mass is 9.96. The van der Waals surface area contributed by atoms with Crippen LogP contribution >= 0.6 is 0 Å². The summed E-state index contributed by atoms with van der Waals surface area (Å²) in [7, 11) is 0. The Morgan fingerprint density at radius 1 is 1.14 bits per heavy atom. The zero-order valence-electron chi connectivity index (χ0n) is 13.9. The lowest BCUT2D eigenvalue weighted by molar-refractivity contribution is -0.136. The summed E-state index contributed by atoms with van der Waals surface area (Å²) in [5.41, 5.74) is 1.93. The van der Waals surface area contributed by atoms with Gasteiger partial charge in [-0.05, 0) is 46.2 Å². The minimum atomic E-state index is -0.187. The molecule has 1 unspecified atom stereocenters. The molecule has 0 bridgehead atoms. The van der Waals surface area contributed by atoms with E-state index >= 15 is 0 Å². The van der Waals surface area contributed by atoms with Gasteiger partial charge in [0, 0.05) is 17.6 Å². The Balaban J connectivity index is 2.27. The molecule has 1 atom stereocenters. The lowest BCUT2D eigenvalue weighted by Crippen LogP contribution is -2.44. The van der Waals surface area contributed by atoms with Gasteiger partial charge in [0.05, 0.1) is 12.1 Å².